The summed E-state index contributed by atoms with van der Waals surface area (Å²) in [5, 5.41) is 9.30. The van der Waals surface area contributed by atoms with Gasteiger partial charge < -0.3 is 9.84 Å². The van der Waals surface area contributed by atoms with Crippen LogP contribution in [0.15, 0.2) is 24.3 Å². The van der Waals surface area contributed by atoms with Crippen LogP contribution >= 0.6 is 0 Å². The molecule has 1 N–H and O–H groups in total. The molecule has 2 rings (SSSR count). The molecule has 0 bridgehead atoms. The SMILES string of the molecule is CCOC(=O)C[C@@H]1[C@H](c2ccc(O)cc2)C1(C)C. The van der Waals surface area contributed by atoms with E-state index >= 15 is 0 Å². The van der Waals surface area contributed by atoms with Gasteiger partial charge in [-0.15, -0.1) is 0 Å². The number of carbonyl (C=O) groups is 1. The van der Waals surface area contributed by atoms with Gasteiger partial charge in [-0.05, 0) is 41.9 Å². The highest BCUT2D eigenvalue weighted by Crippen LogP contribution is 2.65. The Morgan fingerprint density at radius 3 is 2.50 bits per heavy atom. The van der Waals surface area contributed by atoms with Crippen LogP contribution in [0.2, 0.25) is 0 Å². The quantitative estimate of drug-likeness (QED) is 0.833. The number of phenols is 1. The summed E-state index contributed by atoms with van der Waals surface area (Å²) in [6, 6.07) is 7.27. The average molecular weight is 248 g/mol. The minimum atomic E-state index is -0.114. The third-order valence-corrected chi connectivity index (χ3v) is 3.99. The van der Waals surface area contributed by atoms with Crippen molar-refractivity contribution < 1.29 is 14.6 Å². The van der Waals surface area contributed by atoms with E-state index in [0.717, 1.165) is 0 Å². The lowest BCUT2D eigenvalue weighted by Crippen LogP contribution is -2.06. The lowest BCUT2D eigenvalue weighted by atomic mass is 10.0. The third-order valence-electron chi connectivity index (χ3n) is 3.99. The van der Waals surface area contributed by atoms with E-state index in [-0.39, 0.29) is 17.1 Å². The molecule has 0 heterocycles. The second-order valence-corrected chi connectivity index (χ2v) is 5.51. The van der Waals surface area contributed by atoms with Gasteiger partial charge in [0.05, 0.1) is 6.61 Å². The van der Waals surface area contributed by atoms with E-state index in [2.05, 4.69) is 13.8 Å². The maximum absolute atomic E-state index is 11.6. The van der Waals surface area contributed by atoms with Crippen molar-refractivity contribution in [1.29, 1.82) is 0 Å². The molecule has 2 atom stereocenters. The number of ether oxygens (including phenoxy) is 1. The molecule has 0 radical (unpaired) electrons. The monoisotopic (exact) mass is 248 g/mol. The Labute approximate surface area is 108 Å². The second-order valence-electron chi connectivity index (χ2n) is 5.51. The van der Waals surface area contributed by atoms with Gasteiger partial charge in [0.2, 0.25) is 0 Å². The fourth-order valence-electron chi connectivity index (χ4n) is 2.87. The highest BCUT2D eigenvalue weighted by molar-refractivity contribution is 5.70. The van der Waals surface area contributed by atoms with Gasteiger partial charge in [0, 0.05) is 6.42 Å². The van der Waals surface area contributed by atoms with Gasteiger partial charge in [-0.25, -0.2) is 0 Å². The minimum absolute atomic E-state index is 0.114. The molecule has 1 aromatic rings. The van der Waals surface area contributed by atoms with Crippen molar-refractivity contribution in [2.45, 2.75) is 33.1 Å². The molecule has 0 aromatic heterocycles. The second kappa shape index (κ2) is 4.63. The maximum Gasteiger partial charge on any atom is 0.306 e. The molecule has 0 amide bonds. The van der Waals surface area contributed by atoms with E-state index in [1.165, 1.54) is 5.56 Å². The van der Waals surface area contributed by atoms with Crippen molar-refractivity contribution in [2.75, 3.05) is 6.61 Å². The van der Waals surface area contributed by atoms with Crippen molar-refractivity contribution in [1.82, 2.24) is 0 Å². The van der Waals surface area contributed by atoms with E-state index < -0.39 is 0 Å². The Morgan fingerprint density at radius 1 is 1.33 bits per heavy atom. The minimum Gasteiger partial charge on any atom is -0.508 e. The van der Waals surface area contributed by atoms with Crippen LogP contribution in [-0.4, -0.2) is 17.7 Å². The summed E-state index contributed by atoms with van der Waals surface area (Å²) in [5.41, 5.74) is 1.32. The molecule has 18 heavy (non-hydrogen) atoms. The van der Waals surface area contributed by atoms with Gasteiger partial charge in [0.15, 0.2) is 0 Å². The average Bonchev–Trinajstić information content (AvgIpc) is 2.82. The topological polar surface area (TPSA) is 46.5 Å². The van der Waals surface area contributed by atoms with E-state index in [9.17, 15) is 9.90 Å². The molecule has 1 aromatic carbocycles. The van der Waals surface area contributed by atoms with Crippen LogP contribution in [0, 0.1) is 11.3 Å². The first-order valence-electron chi connectivity index (χ1n) is 6.41. The van der Waals surface area contributed by atoms with Crippen LogP contribution in [-0.2, 0) is 9.53 Å². The van der Waals surface area contributed by atoms with Crippen molar-refractivity contribution in [3.8, 4) is 5.75 Å². The number of esters is 1. The summed E-state index contributed by atoms with van der Waals surface area (Å²) in [5.74, 6) is 0.875. The van der Waals surface area contributed by atoms with Gasteiger partial charge in [0.1, 0.15) is 5.75 Å². The Hall–Kier alpha value is -1.51. The fraction of sp³-hybridized carbons (Fsp3) is 0.533. The number of phenolic OH excluding ortho intramolecular Hbond substituents is 1. The standard InChI is InChI=1S/C15H20O3/c1-4-18-13(17)9-12-14(15(12,2)3)10-5-7-11(16)8-6-10/h5-8,12,14,16H,4,9H2,1-3H3/t12-,14+/m1/s1. The zero-order valence-corrected chi connectivity index (χ0v) is 11.1. The molecular weight excluding hydrogens is 228 g/mol. The van der Waals surface area contributed by atoms with Crippen LogP contribution in [0.4, 0.5) is 0 Å². The number of rotatable bonds is 4. The molecule has 0 spiro atoms. The molecule has 0 aliphatic heterocycles. The van der Waals surface area contributed by atoms with Gasteiger partial charge in [0.25, 0.3) is 0 Å². The first-order chi connectivity index (χ1) is 8.46. The van der Waals surface area contributed by atoms with Crippen LogP contribution in [0.25, 0.3) is 0 Å². The molecule has 1 aliphatic rings. The van der Waals surface area contributed by atoms with Gasteiger partial charge >= 0.3 is 5.97 Å². The number of hydrogen-bond donors (Lipinski definition) is 1. The summed E-state index contributed by atoms with van der Waals surface area (Å²) in [6.07, 6.45) is 0.479. The highest BCUT2D eigenvalue weighted by atomic mass is 16.5. The van der Waals surface area contributed by atoms with Crippen LogP contribution < -0.4 is 0 Å². The maximum atomic E-state index is 11.6. The largest absolute Gasteiger partial charge is 0.508 e. The first-order valence-corrected chi connectivity index (χ1v) is 6.41. The Morgan fingerprint density at radius 2 is 1.94 bits per heavy atom. The number of carbonyl (C=O) groups excluding carboxylic acids is 1. The van der Waals surface area contributed by atoms with Crippen molar-refractivity contribution in [3.05, 3.63) is 29.8 Å². The van der Waals surface area contributed by atoms with Crippen molar-refractivity contribution >= 4 is 5.97 Å². The molecular formula is C15H20O3. The zero-order valence-electron chi connectivity index (χ0n) is 11.1. The van der Waals surface area contributed by atoms with Crippen molar-refractivity contribution in [2.24, 2.45) is 11.3 Å². The molecule has 0 unspecified atom stereocenters. The summed E-state index contributed by atoms with van der Waals surface area (Å²) < 4.78 is 5.01. The lowest BCUT2D eigenvalue weighted by molar-refractivity contribution is -0.143. The van der Waals surface area contributed by atoms with Crippen molar-refractivity contribution in [3.63, 3.8) is 0 Å². The van der Waals surface area contributed by atoms with E-state index in [4.69, 9.17) is 4.74 Å². The number of benzene rings is 1. The van der Waals surface area contributed by atoms with Gasteiger partial charge in [-0.1, -0.05) is 26.0 Å². The van der Waals surface area contributed by atoms with Gasteiger partial charge in [-0.3, -0.25) is 4.79 Å². The number of hydrogen-bond acceptors (Lipinski definition) is 3. The highest BCUT2D eigenvalue weighted by Gasteiger charge is 2.58. The predicted octanol–water partition coefficient (Wildman–Crippen LogP) is 3.09. The predicted molar refractivity (Wildman–Crippen MR) is 69.4 cm³/mol. The van der Waals surface area contributed by atoms with E-state index in [1.54, 1.807) is 12.1 Å². The van der Waals surface area contributed by atoms with Crippen LogP contribution in [0.1, 0.15) is 38.7 Å². The zero-order chi connectivity index (χ0) is 13.3. The first kappa shape index (κ1) is 12.9. The van der Waals surface area contributed by atoms with Crippen LogP contribution in [0.5, 0.6) is 5.75 Å². The third kappa shape index (κ3) is 2.35. The Bertz CT molecular complexity index is 434. The lowest BCUT2D eigenvalue weighted by Gasteiger charge is -2.02. The molecule has 1 saturated carbocycles. The van der Waals surface area contributed by atoms with E-state index in [1.807, 2.05) is 19.1 Å². The molecule has 0 saturated heterocycles. The Kier molecular flexibility index (Phi) is 3.33. The molecule has 3 heteroatoms. The molecule has 3 nitrogen and oxygen atoms in total. The Balaban J connectivity index is 2.06. The van der Waals surface area contributed by atoms with E-state index in [0.29, 0.717) is 24.9 Å². The molecule has 1 fully saturated rings. The summed E-state index contributed by atoms with van der Waals surface area (Å²) in [6.45, 7) is 6.62. The summed E-state index contributed by atoms with van der Waals surface area (Å²) in [4.78, 5) is 11.6. The van der Waals surface area contributed by atoms with Crippen LogP contribution in [0.3, 0.4) is 0 Å². The smallest absolute Gasteiger partial charge is 0.306 e. The summed E-state index contributed by atoms with van der Waals surface area (Å²) >= 11 is 0. The number of aromatic hydroxyl groups is 1. The normalized spacial score (nSPS) is 24.6. The fourth-order valence-corrected chi connectivity index (χ4v) is 2.87. The van der Waals surface area contributed by atoms with Gasteiger partial charge in [-0.2, -0.15) is 0 Å². The molecule has 1 aliphatic carbocycles. The summed E-state index contributed by atoms with van der Waals surface area (Å²) in [7, 11) is 0. The molecule has 98 valence electrons.